The van der Waals surface area contributed by atoms with Gasteiger partial charge in [0.15, 0.2) is 5.65 Å². The van der Waals surface area contributed by atoms with Crippen LogP contribution in [0.2, 0.25) is 0 Å². The minimum atomic E-state index is -4.59. The van der Waals surface area contributed by atoms with Gasteiger partial charge in [-0.2, -0.15) is 13.2 Å². The highest BCUT2D eigenvalue weighted by Gasteiger charge is 2.35. The fourth-order valence-corrected chi connectivity index (χ4v) is 3.67. The lowest BCUT2D eigenvalue weighted by Gasteiger charge is -2.27. The van der Waals surface area contributed by atoms with Gasteiger partial charge in [0.05, 0.1) is 23.1 Å². The molecule has 0 atom stereocenters. The average molecular weight is 445 g/mol. The number of aromatic nitrogens is 3. The highest BCUT2D eigenvalue weighted by Crippen LogP contribution is 2.37. The molecule has 2 aromatic heterocycles. The summed E-state index contributed by atoms with van der Waals surface area (Å²) in [6.07, 6.45) is 0.576. The van der Waals surface area contributed by atoms with Gasteiger partial charge in [0, 0.05) is 24.1 Å². The van der Waals surface area contributed by atoms with Crippen LogP contribution in [-0.4, -0.2) is 33.6 Å². The molecule has 0 radical (unpaired) electrons. The van der Waals surface area contributed by atoms with E-state index in [2.05, 4.69) is 20.3 Å². The molecule has 1 aliphatic rings. The van der Waals surface area contributed by atoms with Gasteiger partial charge in [-0.05, 0) is 43.5 Å². The zero-order chi connectivity index (χ0) is 23.1. The van der Waals surface area contributed by atoms with Crippen molar-refractivity contribution in [3.05, 3.63) is 42.1 Å². The van der Waals surface area contributed by atoms with Crippen LogP contribution >= 0.6 is 0 Å². The largest absolute Gasteiger partial charge is 0.418 e. The average Bonchev–Trinajstić information content (AvgIpc) is 3.16. The second-order valence-electron chi connectivity index (χ2n) is 9.13. The molecule has 4 rings (SSSR count). The summed E-state index contributed by atoms with van der Waals surface area (Å²) in [7, 11) is 0. The van der Waals surface area contributed by atoms with Crippen molar-refractivity contribution in [1.29, 1.82) is 0 Å². The number of imidazole rings is 1. The predicted molar refractivity (Wildman–Crippen MR) is 118 cm³/mol. The summed E-state index contributed by atoms with van der Waals surface area (Å²) in [6, 6.07) is 7.43. The van der Waals surface area contributed by atoms with Crippen LogP contribution in [-0.2, 0) is 11.0 Å². The molecule has 1 saturated heterocycles. The Balaban J connectivity index is 1.70. The summed E-state index contributed by atoms with van der Waals surface area (Å²) in [6.45, 7) is 6.85. The first kappa shape index (κ1) is 22.1. The number of anilines is 2. The van der Waals surface area contributed by atoms with E-state index in [0.29, 0.717) is 16.9 Å². The summed E-state index contributed by atoms with van der Waals surface area (Å²) < 4.78 is 42.2. The van der Waals surface area contributed by atoms with E-state index in [-0.39, 0.29) is 5.69 Å². The fourth-order valence-electron chi connectivity index (χ4n) is 3.67. The zero-order valence-electron chi connectivity index (χ0n) is 18.3. The lowest BCUT2D eigenvalue weighted by Crippen LogP contribution is -2.30. The van der Waals surface area contributed by atoms with E-state index < -0.39 is 23.1 Å². The summed E-state index contributed by atoms with van der Waals surface area (Å²) in [4.78, 5) is 19.1. The quantitative estimate of drug-likeness (QED) is 0.587. The van der Waals surface area contributed by atoms with Crippen LogP contribution in [0.15, 0.2) is 36.5 Å². The number of piperidine rings is 1. The number of fused-ring (bicyclic) bond motifs is 1. The highest BCUT2D eigenvalue weighted by atomic mass is 19.4. The summed E-state index contributed by atoms with van der Waals surface area (Å²) in [5.41, 5.74) is -0.472. The van der Waals surface area contributed by atoms with Gasteiger partial charge >= 0.3 is 6.18 Å². The van der Waals surface area contributed by atoms with Crippen LogP contribution in [0.3, 0.4) is 0 Å². The molecule has 3 aromatic rings. The molecule has 1 aromatic carbocycles. The summed E-state index contributed by atoms with van der Waals surface area (Å²) >= 11 is 0. The number of carbonyl (C=O) groups excluding carboxylic acids is 1. The van der Waals surface area contributed by atoms with Crippen molar-refractivity contribution in [2.45, 2.75) is 46.2 Å². The van der Waals surface area contributed by atoms with E-state index in [0.717, 1.165) is 37.8 Å². The minimum absolute atomic E-state index is 0.283. The lowest BCUT2D eigenvalue weighted by atomic mass is 9.95. The van der Waals surface area contributed by atoms with E-state index in [1.165, 1.54) is 18.6 Å². The molecular formula is C23H26F3N5O. The Bertz CT molecular complexity index is 1140. The van der Waals surface area contributed by atoms with Crippen molar-refractivity contribution in [1.82, 2.24) is 14.6 Å². The van der Waals surface area contributed by atoms with Gasteiger partial charge in [-0.3, -0.25) is 4.79 Å². The molecule has 1 aliphatic heterocycles. The van der Waals surface area contributed by atoms with Crippen LogP contribution in [0.4, 0.5) is 24.7 Å². The van der Waals surface area contributed by atoms with Crippen LogP contribution in [0, 0.1) is 5.41 Å². The maximum absolute atomic E-state index is 13.5. The number of hydrogen-bond donors (Lipinski definition) is 1. The molecule has 1 fully saturated rings. The maximum Gasteiger partial charge on any atom is 0.418 e. The number of halogens is 3. The molecule has 0 spiro atoms. The smallest absolute Gasteiger partial charge is 0.355 e. The Labute approximate surface area is 184 Å². The van der Waals surface area contributed by atoms with E-state index in [4.69, 9.17) is 0 Å². The minimum Gasteiger partial charge on any atom is -0.355 e. The van der Waals surface area contributed by atoms with Crippen molar-refractivity contribution in [3.63, 3.8) is 0 Å². The number of benzene rings is 1. The third-order valence-electron chi connectivity index (χ3n) is 5.54. The monoisotopic (exact) mass is 445 g/mol. The summed E-state index contributed by atoms with van der Waals surface area (Å²) in [5.74, 6) is 0.356. The SMILES string of the molecule is CC(C)(C)C(=O)Nc1cc(-c2cn3nc(N4CCCCC4)ccc3n2)ccc1C(F)(F)F. The van der Waals surface area contributed by atoms with Gasteiger partial charge in [0.1, 0.15) is 5.82 Å². The Morgan fingerprint density at radius 3 is 2.41 bits per heavy atom. The molecule has 0 unspecified atom stereocenters. The molecule has 9 heteroatoms. The molecule has 0 aliphatic carbocycles. The fraction of sp³-hybridized carbons (Fsp3) is 0.435. The molecule has 32 heavy (non-hydrogen) atoms. The number of nitrogens with zero attached hydrogens (tertiary/aromatic N) is 4. The third kappa shape index (κ3) is 4.56. The highest BCUT2D eigenvalue weighted by molar-refractivity contribution is 5.96. The molecule has 0 saturated carbocycles. The van der Waals surface area contributed by atoms with Crippen LogP contribution < -0.4 is 10.2 Å². The van der Waals surface area contributed by atoms with Crippen LogP contribution in [0.25, 0.3) is 16.9 Å². The van der Waals surface area contributed by atoms with E-state index >= 15 is 0 Å². The molecule has 170 valence electrons. The van der Waals surface area contributed by atoms with Crippen molar-refractivity contribution < 1.29 is 18.0 Å². The topological polar surface area (TPSA) is 62.5 Å². The normalized spacial score (nSPS) is 15.2. The van der Waals surface area contributed by atoms with Crippen molar-refractivity contribution >= 4 is 23.1 Å². The second-order valence-corrected chi connectivity index (χ2v) is 9.13. The molecule has 0 bridgehead atoms. The number of hydrogen-bond acceptors (Lipinski definition) is 4. The number of rotatable bonds is 3. The molecule has 6 nitrogen and oxygen atoms in total. The van der Waals surface area contributed by atoms with E-state index in [1.807, 2.05) is 12.1 Å². The van der Waals surface area contributed by atoms with Crippen molar-refractivity contribution in [2.75, 3.05) is 23.3 Å². The lowest BCUT2D eigenvalue weighted by molar-refractivity contribution is -0.137. The van der Waals surface area contributed by atoms with Crippen molar-refractivity contribution in [2.24, 2.45) is 5.41 Å². The first-order valence-corrected chi connectivity index (χ1v) is 10.7. The van der Waals surface area contributed by atoms with Gasteiger partial charge in [-0.25, -0.2) is 9.50 Å². The van der Waals surface area contributed by atoms with Crippen LogP contribution in [0.5, 0.6) is 0 Å². The number of nitrogens with one attached hydrogen (secondary N) is 1. The molecular weight excluding hydrogens is 419 g/mol. The third-order valence-corrected chi connectivity index (χ3v) is 5.54. The van der Waals surface area contributed by atoms with Gasteiger partial charge < -0.3 is 10.2 Å². The van der Waals surface area contributed by atoms with Gasteiger partial charge in [-0.15, -0.1) is 5.10 Å². The Kier molecular flexibility index (Phi) is 5.60. The summed E-state index contributed by atoms with van der Waals surface area (Å²) in [5, 5.41) is 7.07. The Morgan fingerprint density at radius 1 is 1.03 bits per heavy atom. The van der Waals surface area contributed by atoms with E-state index in [1.54, 1.807) is 31.5 Å². The van der Waals surface area contributed by atoms with Crippen molar-refractivity contribution in [3.8, 4) is 11.3 Å². The van der Waals surface area contributed by atoms with Gasteiger partial charge in [0.25, 0.3) is 0 Å². The molecule has 1 N–H and O–H groups in total. The second kappa shape index (κ2) is 8.11. The van der Waals surface area contributed by atoms with E-state index in [9.17, 15) is 18.0 Å². The maximum atomic E-state index is 13.5. The molecule has 3 heterocycles. The standard InChI is InChI=1S/C23H26F3N5O/c1-22(2,3)21(32)28-17-13-15(7-8-16(17)23(24,25)26)18-14-31-19(27-18)9-10-20(29-31)30-11-5-4-6-12-30/h7-10,13-14H,4-6,11-12H2,1-3H3,(H,28,32). The first-order chi connectivity index (χ1) is 15.0. The Morgan fingerprint density at radius 2 is 1.75 bits per heavy atom. The molecule has 1 amide bonds. The Hall–Kier alpha value is -3.10. The van der Waals surface area contributed by atoms with Gasteiger partial charge in [-0.1, -0.05) is 26.8 Å². The number of alkyl halides is 3. The van der Waals surface area contributed by atoms with Gasteiger partial charge in [0.2, 0.25) is 5.91 Å². The predicted octanol–water partition coefficient (Wildman–Crippen LogP) is 5.39. The van der Waals surface area contributed by atoms with Crippen LogP contribution in [0.1, 0.15) is 45.6 Å². The first-order valence-electron chi connectivity index (χ1n) is 10.7. The zero-order valence-corrected chi connectivity index (χ0v) is 18.3. The number of amides is 1. The number of carbonyl (C=O) groups is 1.